The summed E-state index contributed by atoms with van der Waals surface area (Å²) in [4.78, 5) is 23.2. The van der Waals surface area contributed by atoms with E-state index in [-0.39, 0.29) is 24.8 Å². The van der Waals surface area contributed by atoms with Crippen LogP contribution in [0.3, 0.4) is 0 Å². The smallest absolute Gasteiger partial charge is 0.239 e. The lowest BCUT2D eigenvalue weighted by Gasteiger charge is -2.18. The second-order valence-corrected chi connectivity index (χ2v) is 5.80. The molecule has 0 fully saturated rings. The molecule has 1 aromatic rings. The molecule has 0 aliphatic heterocycles. The maximum absolute atomic E-state index is 12.7. The molecule has 116 valence electrons. The van der Waals surface area contributed by atoms with Crippen molar-refractivity contribution in [3.63, 3.8) is 0 Å². The third-order valence-corrected chi connectivity index (χ3v) is 2.84. The van der Waals surface area contributed by atoms with E-state index in [1.54, 1.807) is 20.8 Å². The molecule has 0 saturated heterocycles. The van der Waals surface area contributed by atoms with Crippen molar-refractivity contribution < 1.29 is 19.1 Å². The van der Waals surface area contributed by atoms with Gasteiger partial charge in [0.2, 0.25) is 11.8 Å². The quantitative estimate of drug-likeness (QED) is 0.762. The standard InChI is InChI=1S/C15H21FN2O3/c1-15(2,3)14(21)18-9-13(20)17-8-12(19)10-4-6-11(16)7-5-10/h4-7,12,19H,8-9H2,1-3H3,(H,17,20)(H,18,21). The Bertz CT molecular complexity index is 495. The predicted molar refractivity (Wildman–Crippen MR) is 76.8 cm³/mol. The van der Waals surface area contributed by atoms with E-state index < -0.39 is 17.4 Å². The Kier molecular flexibility index (Phi) is 5.84. The minimum atomic E-state index is -0.923. The summed E-state index contributed by atoms with van der Waals surface area (Å²) in [6.07, 6.45) is -0.923. The molecule has 1 unspecified atom stereocenters. The van der Waals surface area contributed by atoms with E-state index in [1.807, 2.05) is 0 Å². The van der Waals surface area contributed by atoms with Gasteiger partial charge in [0, 0.05) is 12.0 Å². The fraction of sp³-hybridized carbons (Fsp3) is 0.467. The molecule has 1 aromatic carbocycles. The summed E-state index contributed by atoms with van der Waals surface area (Å²) in [5.74, 6) is -1.01. The van der Waals surface area contributed by atoms with E-state index in [9.17, 15) is 19.1 Å². The zero-order valence-corrected chi connectivity index (χ0v) is 12.4. The topological polar surface area (TPSA) is 78.4 Å². The van der Waals surface area contributed by atoms with E-state index >= 15 is 0 Å². The number of halogens is 1. The molecule has 0 aliphatic rings. The summed E-state index contributed by atoms with van der Waals surface area (Å²) in [5.41, 5.74) is -0.0519. The molecule has 0 heterocycles. The van der Waals surface area contributed by atoms with Crippen molar-refractivity contribution in [2.75, 3.05) is 13.1 Å². The van der Waals surface area contributed by atoms with Crippen LogP contribution in [0.1, 0.15) is 32.4 Å². The van der Waals surface area contributed by atoms with Gasteiger partial charge in [0.1, 0.15) is 5.82 Å². The van der Waals surface area contributed by atoms with Crippen LogP contribution in [0.2, 0.25) is 0 Å². The number of aliphatic hydroxyl groups excluding tert-OH is 1. The second-order valence-electron chi connectivity index (χ2n) is 5.80. The number of rotatable bonds is 5. The maximum Gasteiger partial charge on any atom is 0.239 e. The van der Waals surface area contributed by atoms with Gasteiger partial charge in [0.15, 0.2) is 0 Å². The number of nitrogens with one attached hydrogen (secondary N) is 2. The van der Waals surface area contributed by atoms with Crippen molar-refractivity contribution in [1.29, 1.82) is 0 Å². The largest absolute Gasteiger partial charge is 0.387 e. The number of hydrogen-bond acceptors (Lipinski definition) is 3. The first-order chi connectivity index (χ1) is 9.70. The zero-order chi connectivity index (χ0) is 16.0. The SMILES string of the molecule is CC(C)(C)C(=O)NCC(=O)NCC(O)c1ccc(F)cc1. The van der Waals surface area contributed by atoms with Crippen LogP contribution in [0.15, 0.2) is 24.3 Å². The molecule has 0 aliphatic carbocycles. The average molecular weight is 296 g/mol. The van der Waals surface area contributed by atoms with Gasteiger partial charge in [0.05, 0.1) is 12.6 Å². The van der Waals surface area contributed by atoms with Crippen LogP contribution >= 0.6 is 0 Å². The third kappa shape index (κ3) is 5.91. The lowest BCUT2D eigenvalue weighted by molar-refractivity contribution is -0.131. The molecule has 2 amide bonds. The summed E-state index contributed by atoms with van der Waals surface area (Å²) in [6, 6.07) is 5.38. The lowest BCUT2D eigenvalue weighted by atomic mass is 9.96. The van der Waals surface area contributed by atoms with E-state index in [0.717, 1.165) is 0 Å². The average Bonchev–Trinajstić information content (AvgIpc) is 2.41. The third-order valence-electron chi connectivity index (χ3n) is 2.84. The fourth-order valence-electron chi connectivity index (χ4n) is 1.50. The van der Waals surface area contributed by atoms with Gasteiger partial charge in [-0.2, -0.15) is 0 Å². The highest BCUT2D eigenvalue weighted by Crippen LogP contribution is 2.13. The molecular weight excluding hydrogens is 275 g/mol. The highest BCUT2D eigenvalue weighted by molar-refractivity contribution is 5.87. The summed E-state index contributed by atoms with van der Waals surface area (Å²) in [6.45, 7) is 5.09. The Morgan fingerprint density at radius 2 is 1.76 bits per heavy atom. The van der Waals surface area contributed by atoms with Gasteiger partial charge >= 0.3 is 0 Å². The fourth-order valence-corrected chi connectivity index (χ4v) is 1.50. The number of hydrogen-bond donors (Lipinski definition) is 3. The number of carbonyl (C=O) groups is 2. The van der Waals surface area contributed by atoms with Crippen LogP contribution in [-0.4, -0.2) is 30.0 Å². The first-order valence-corrected chi connectivity index (χ1v) is 6.68. The molecule has 0 radical (unpaired) electrons. The van der Waals surface area contributed by atoms with Gasteiger partial charge < -0.3 is 15.7 Å². The molecule has 1 rings (SSSR count). The predicted octanol–water partition coefficient (Wildman–Crippen LogP) is 1.14. The lowest BCUT2D eigenvalue weighted by Crippen LogP contribution is -2.42. The Hall–Kier alpha value is -1.95. The number of carbonyl (C=O) groups excluding carboxylic acids is 2. The van der Waals surface area contributed by atoms with Gasteiger partial charge in [-0.3, -0.25) is 9.59 Å². The van der Waals surface area contributed by atoms with Crippen LogP contribution in [-0.2, 0) is 9.59 Å². The van der Waals surface area contributed by atoms with Crippen LogP contribution in [0.4, 0.5) is 4.39 Å². The first-order valence-electron chi connectivity index (χ1n) is 6.68. The molecule has 21 heavy (non-hydrogen) atoms. The normalized spacial score (nSPS) is 12.6. The van der Waals surface area contributed by atoms with Crippen molar-refractivity contribution in [2.24, 2.45) is 5.41 Å². The highest BCUT2D eigenvalue weighted by atomic mass is 19.1. The van der Waals surface area contributed by atoms with Crippen molar-refractivity contribution in [3.05, 3.63) is 35.6 Å². The molecule has 0 saturated carbocycles. The van der Waals surface area contributed by atoms with Crippen LogP contribution < -0.4 is 10.6 Å². The summed E-state index contributed by atoms with van der Waals surface area (Å²) < 4.78 is 12.7. The van der Waals surface area contributed by atoms with Gasteiger partial charge in [0.25, 0.3) is 0 Å². The van der Waals surface area contributed by atoms with Crippen molar-refractivity contribution in [1.82, 2.24) is 10.6 Å². The van der Waals surface area contributed by atoms with Gasteiger partial charge in [-0.05, 0) is 17.7 Å². The Labute approximate surface area is 123 Å². The maximum atomic E-state index is 12.7. The first kappa shape index (κ1) is 17.1. The highest BCUT2D eigenvalue weighted by Gasteiger charge is 2.21. The Balaban J connectivity index is 2.36. The Morgan fingerprint density at radius 3 is 2.29 bits per heavy atom. The summed E-state index contributed by atoms with van der Waals surface area (Å²) >= 11 is 0. The minimum Gasteiger partial charge on any atom is -0.387 e. The van der Waals surface area contributed by atoms with E-state index in [4.69, 9.17) is 0 Å². The molecular formula is C15H21FN2O3. The van der Waals surface area contributed by atoms with Crippen LogP contribution in [0.5, 0.6) is 0 Å². The molecule has 3 N–H and O–H groups in total. The molecule has 5 nitrogen and oxygen atoms in total. The van der Waals surface area contributed by atoms with E-state index in [2.05, 4.69) is 10.6 Å². The van der Waals surface area contributed by atoms with Crippen molar-refractivity contribution in [2.45, 2.75) is 26.9 Å². The molecule has 6 heteroatoms. The molecule has 0 spiro atoms. The number of benzene rings is 1. The summed E-state index contributed by atoms with van der Waals surface area (Å²) in [7, 11) is 0. The number of amides is 2. The van der Waals surface area contributed by atoms with Crippen molar-refractivity contribution in [3.8, 4) is 0 Å². The van der Waals surface area contributed by atoms with Crippen LogP contribution in [0.25, 0.3) is 0 Å². The molecule has 0 aromatic heterocycles. The van der Waals surface area contributed by atoms with E-state index in [0.29, 0.717) is 5.56 Å². The summed E-state index contributed by atoms with van der Waals surface area (Å²) in [5, 5.41) is 14.9. The number of aliphatic hydroxyl groups is 1. The Morgan fingerprint density at radius 1 is 1.19 bits per heavy atom. The molecule has 1 atom stereocenters. The molecule has 0 bridgehead atoms. The van der Waals surface area contributed by atoms with Crippen LogP contribution in [0, 0.1) is 11.2 Å². The minimum absolute atomic E-state index is 0.00411. The van der Waals surface area contributed by atoms with Gasteiger partial charge in [-0.25, -0.2) is 4.39 Å². The monoisotopic (exact) mass is 296 g/mol. The van der Waals surface area contributed by atoms with E-state index in [1.165, 1.54) is 24.3 Å². The van der Waals surface area contributed by atoms with Crippen molar-refractivity contribution >= 4 is 11.8 Å². The second kappa shape index (κ2) is 7.17. The van der Waals surface area contributed by atoms with Gasteiger partial charge in [-0.15, -0.1) is 0 Å². The zero-order valence-electron chi connectivity index (χ0n) is 12.4. The van der Waals surface area contributed by atoms with Gasteiger partial charge in [-0.1, -0.05) is 32.9 Å².